The highest BCUT2D eigenvalue weighted by Crippen LogP contribution is 2.03. The van der Waals surface area contributed by atoms with E-state index in [-0.39, 0.29) is 18.4 Å². The predicted molar refractivity (Wildman–Crippen MR) is 71.2 cm³/mol. The zero-order chi connectivity index (χ0) is 14.6. The number of aromatic nitrogens is 2. The van der Waals surface area contributed by atoms with Gasteiger partial charge in [0.15, 0.2) is 0 Å². The molecule has 1 heterocycles. The highest BCUT2D eigenvalue weighted by atomic mass is 16.2. The summed E-state index contributed by atoms with van der Waals surface area (Å²) in [5, 5.41) is 5.31. The van der Waals surface area contributed by atoms with E-state index in [9.17, 15) is 9.59 Å². The number of amides is 2. The number of nitrogens with one attached hydrogen (secondary N) is 2. The topological polar surface area (TPSA) is 84.0 Å². The van der Waals surface area contributed by atoms with Crippen LogP contribution in [-0.2, 0) is 16.1 Å². The third-order valence-corrected chi connectivity index (χ3v) is 2.49. The summed E-state index contributed by atoms with van der Waals surface area (Å²) < 4.78 is 0. The largest absolute Gasteiger partial charge is 0.347 e. The van der Waals surface area contributed by atoms with Gasteiger partial charge in [-0.25, -0.2) is 9.97 Å². The van der Waals surface area contributed by atoms with Crippen LogP contribution in [0.25, 0.3) is 0 Å². The van der Waals surface area contributed by atoms with Gasteiger partial charge in [0, 0.05) is 18.3 Å². The minimum Gasteiger partial charge on any atom is -0.347 e. The molecule has 6 nitrogen and oxygen atoms in total. The van der Waals surface area contributed by atoms with Crippen molar-refractivity contribution in [3.05, 3.63) is 23.3 Å². The van der Waals surface area contributed by atoms with Crippen LogP contribution in [0, 0.1) is 13.8 Å². The van der Waals surface area contributed by atoms with Crippen LogP contribution in [0.3, 0.4) is 0 Å². The van der Waals surface area contributed by atoms with Crippen molar-refractivity contribution < 1.29 is 9.59 Å². The average Bonchev–Trinajstić information content (AvgIpc) is 2.22. The molecule has 6 heteroatoms. The molecule has 0 aliphatic heterocycles. The van der Waals surface area contributed by atoms with Crippen LogP contribution in [0.1, 0.15) is 38.0 Å². The molecule has 1 aromatic rings. The molecule has 19 heavy (non-hydrogen) atoms. The molecule has 104 valence electrons. The number of hydrogen-bond donors (Lipinski definition) is 2. The molecule has 1 aromatic heterocycles. The van der Waals surface area contributed by atoms with Crippen LogP contribution in [0.5, 0.6) is 0 Å². The monoisotopic (exact) mass is 264 g/mol. The molecule has 0 saturated heterocycles. The van der Waals surface area contributed by atoms with Crippen molar-refractivity contribution in [3.8, 4) is 0 Å². The fraction of sp³-hybridized carbons (Fsp3) is 0.538. The van der Waals surface area contributed by atoms with E-state index in [4.69, 9.17) is 0 Å². The van der Waals surface area contributed by atoms with Gasteiger partial charge in [0.1, 0.15) is 11.4 Å². The molecule has 0 radical (unpaired) electrons. The Kier molecular flexibility index (Phi) is 4.58. The standard InChI is InChI=1S/C13H20N4O2/c1-8-6-9(2)16-11(15-8)7-14-12(19)13(4,5)17-10(3)18/h6H,7H2,1-5H3,(H,14,19)(H,17,18). The SMILES string of the molecule is CC(=O)NC(C)(C)C(=O)NCc1nc(C)cc(C)n1. The minimum absolute atomic E-state index is 0.240. The first-order valence-corrected chi connectivity index (χ1v) is 6.09. The van der Waals surface area contributed by atoms with Crippen LogP contribution in [0.15, 0.2) is 6.07 Å². The number of aryl methyl sites for hydroxylation is 2. The number of nitrogens with zero attached hydrogens (tertiary/aromatic N) is 2. The number of hydrogen-bond acceptors (Lipinski definition) is 4. The Morgan fingerprint density at radius 3 is 2.21 bits per heavy atom. The second-order valence-electron chi connectivity index (χ2n) is 5.06. The maximum absolute atomic E-state index is 12.0. The zero-order valence-corrected chi connectivity index (χ0v) is 12.0. The van der Waals surface area contributed by atoms with Gasteiger partial charge in [-0.2, -0.15) is 0 Å². The van der Waals surface area contributed by atoms with Gasteiger partial charge in [0.25, 0.3) is 0 Å². The average molecular weight is 264 g/mol. The molecule has 0 fully saturated rings. The van der Waals surface area contributed by atoms with E-state index in [1.54, 1.807) is 13.8 Å². The summed E-state index contributed by atoms with van der Waals surface area (Å²) in [4.78, 5) is 31.4. The van der Waals surface area contributed by atoms with Crippen molar-refractivity contribution in [1.82, 2.24) is 20.6 Å². The molecule has 0 aliphatic rings. The minimum atomic E-state index is -0.954. The lowest BCUT2D eigenvalue weighted by molar-refractivity contribution is -0.131. The van der Waals surface area contributed by atoms with Crippen molar-refractivity contribution in [3.63, 3.8) is 0 Å². The maximum Gasteiger partial charge on any atom is 0.245 e. The van der Waals surface area contributed by atoms with Crippen molar-refractivity contribution in [1.29, 1.82) is 0 Å². The van der Waals surface area contributed by atoms with Gasteiger partial charge in [0.05, 0.1) is 6.54 Å². The Morgan fingerprint density at radius 2 is 1.74 bits per heavy atom. The molecule has 0 unspecified atom stereocenters. The van der Waals surface area contributed by atoms with Gasteiger partial charge in [-0.1, -0.05) is 0 Å². The van der Waals surface area contributed by atoms with Gasteiger partial charge in [0.2, 0.25) is 11.8 Å². The van der Waals surface area contributed by atoms with Gasteiger partial charge in [-0.3, -0.25) is 9.59 Å². The molecule has 0 saturated carbocycles. The molecular weight excluding hydrogens is 244 g/mol. The van der Waals surface area contributed by atoms with E-state index < -0.39 is 5.54 Å². The molecule has 0 spiro atoms. The fourth-order valence-corrected chi connectivity index (χ4v) is 1.76. The lowest BCUT2D eigenvalue weighted by Gasteiger charge is -2.24. The smallest absolute Gasteiger partial charge is 0.245 e. The van der Waals surface area contributed by atoms with Crippen LogP contribution < -0.4 is 10.6 Å². The molecule has 0 atom stereocenters. The molecular formula is C13H20N4O2. The first-order chi connectivity index (χ1) is 8.70. The summed E-state index contributed by atoms with van der Waals surface area (Å²) in [6.07, 6.45) is 0. The van der Waals surface area contributed by atoms with E-state index in [2.05, 4.69) is 20.6 Å². The summed E-state index contributed by atoms with van der Waals surface area (Å²) >= 11 is 0. The Hall–Kier alpha value is -1.98. The zero-order valence-electron chi connectivity index (χ0n) is 12.0. The third kappa shape index (κ3) is 4.65. The van der Waals surface area contributed by atoms with E-state index in [0.29, 0.717) is 5.82 Å². The number of rotatable bonds is 4. The van der Waals surface area contributed by atoms with E-state index in [1.807, 2.05) is 19.9 Å². The van der Waals surface area contributed by atoms with Crippen LogP contribution in [0.2, 0.25) is 0 Å². The van der Waals surface area contributed by atoms with Crippen molar-refractivity contribution in [2.24, 2.45) is 0 Å². The molecule has 0 aliphatic carbocycles. The van der Waals surface area contributed by atoms with Crippen LogP contribution >= 0.6 is 0 Å². The van der Waals surface area contributed by atoms with Crippen molar-refractivity contribution in [2.45, 2.75) is 46.7 Å². The van der Waals surface area contributed by atoms with Gasteiger partial charge < -0.3 is 10.6 Å². The first-order valence-electron chi connectivity index (χ1n) is 6.09. The van der Waals surface area contributed by atoms with Gasteiger partial charge in [-0.15, -0.1) is 0 Å². The predicted octanol–water partition coefficient (Wildman–Crippen LogP) is 0.624. The first kappa shape index (κ1) is 15.1. The maximum atomic E-state index is 12.0. The third-order valence-electron chi connectivity index (χ3n) is 2.49. The Labute approximate surface area is 113 Å². The lowest BCUT2D eigenvalue weighted by Crippen LogP contribution is -2.54. The van der Waals surface area contributed by atoms with E-state index in [1.165, 1.54) is 6.92 Å². The molecule has 0 bridgehead atoms. The Balaban J connectivity index is 2.65. The molecule has 0 aromatic carbocycles. The van der Waals surface area contributed by atoms with Crippen LogP contribution in [0.4, 0.5) is 0 Å². The summed E-state index contributed by atoms with van der Waals surface area (Å²) in [6, 6.07) is 1.87. The van der Waals surface area contributed by atoms with E-state index in [0.717, 1.165) is 11.4 Å². The summed E-state index contributed by atoms with van der Waals surface area (Å²) in [7, 11) is 0. The van der Waals surface area contributed by atoms with E-state index >= 15 is 0 Å². The normalized spacial score (nSPS) is 11.0. The number of carbonyl (C=O) groups is 2. The summed E-state index contributed by atoms with van der Waals surface area (Å²) in [6.45, 7) is 8.66. The van der Waals surface area contributed by atoms with Gasteiger partial charge in [-0.05, 0) is 33.8 Å². The Bertz CT molecular complexity index is 477. The second kappa shape index (κ2) is 5.77. The highest BCUT2D eigenvalue weighted by molar-refractivity contribution is 5.89. The molecule has 1 rings (SSSR count). The van der Waals surface area contributed by atoms with Crippen molar-refractivity contribution in [2.75, 3.05) is 0 Å². The summed E-state index contributed by atoms with van der Waals surface area (Å²) in [5.41, 5.74) is 0.765. The highest BCUT2D eigenvalue weighted by Gasteiger charge is 2.28. The lowest BCUT2D eigenvalue weighted by atomic mass is 10.0. The quantitative estimate of drug-likeness (QED) is 0.835. The van der Waals surface area contributed by atoms with Crippen molar-refractivity contribution >= 4 is 11.8 Å². The van der Waals surface area contributed by atoms with Crippen LogP contribution in [-0.4, -0.2) is 27.3 Å². The molecule has 2 N–H and O–H groups in total. The molecule has 2 amide bonds. The number of carbonyl (C=O) groups excluding carboxylic acids is 2. The summed E-state index contributed by atoms with van der Waals surface area (Å²) in [5.74, 6) is 0.0396. The Morgan fingerprint density at radius 1 is 1.21 bits per heavy atom. The fourth-order valence-electron chi connectivity index (χ4n) is 1.76. The van der Waals surface area contributed by atoms with Gasteiger partial charge >= 0.3 is 0 Å². The second-order valence-corrected chi connectivity index (χ2v) is 5.06.